The van der Waals surface area contributed by atoms with E-state index in [-0.39, 0.29) is 9.79 Å². The van der Waals surface area contributed by atoms with Crippen molar-refractivity contribution in [3.8, 4) is 0 Å². The number of piperazine rings is 1. The standard InChI is InChI=1S/C17H21N3O4S2/c1-25(21,22)16-6-4-7-17(13-16)26(23,24)20-11-9-19(10-12-20)14-15-5-2-3-8-18-15/h2-8,13H,9-12,14H2,1H3. The monoisotopic (exact) mass is 395 g/mol. The fraction of sp³-hybridized carbons (Fsp3) is 0.353. The van der Waals surface area contributed by atoms with Crippen molar-refractivity contribution in [1.29, 1.82) is 0 Å². The van der Waals surface area contributed by atoms with E-state index in [1.165, 1.54) is 28.6 Å². The van der Waals surface area contributed by atoms with Gasteiger partial charge in [0, 0.05) is 45.2 Å². The molecule has 0 spiro atoms. The Labute approximate surface area is 154 Å². The van der Waals surface area contributed by atoms with Crippen molar-refractivity contribution in [1.82, 2.24) is 14.2 Å². The molecule has 1 aliphatic heterocycles. The molecule has 0 unspecified atom stereocenters. The maximum atomic E-state index is 12.8. The zero-order valence-corrected chi connectivity index (χ0v) is 16.1. The normalized spacial score (nSPS) is 17.3. The number of pyridine rings is 1. The summed E-state index contributed by atoms with van der Waals surface area (Å²) in [6.07, 6.45) is 2.81. The first-order chi connectivity index (χ1) is 12.3. The molecular formula is C17H21N3O4S2. The first-order valence-corrected chi connectivity index (χ1v) is 11.5. The summed E-state index contributed by atoms with van der Waals surface area (Å²) in [5, 5.41) is 0. The zero-order valence-electron chi connectivity index (χ0n) is 14.4. The van der Waals surface area contributed by atoms with Crippen LogP contribution in [0.15, 0.2) is 58.5 Å². The van der Waals surface area contributed by atoms with Gasteiger partial charge in [0.15, 0.2) is 9.84 Å². The second kappa shape index (κ2) is 7.43. The summed E-state index contributed by atoms with van der Waals surface area (Å²) in [7, 11) is -7.17. The van der Waals surface area contributed by atoms with E-state index >= 15 is 0 Å². The molecule has 1 fully saturated rings. The second-order valence-corrected chi connectivity index (χ2v) is 10.2. The van der Waals surface area contributed by atoms with Gasteiger partial charge in [-0.25, -0.2) is 16.8 Å². The van der Waals surface area contributed by atoms with E-state index in [1.54, 1.807) is 6.20 Å². The van der Waals surface area contributed by atoms with Crippen LogP contribution < -0.4 is 0 Å². The van der Waals surface area contributed by atoms with E-state index in [2.05, 4.69) is 9.88 Å². The van der Waals surface area contributed by atoms with Crippen LogP contribution in [0, 0.1) is 0 Å². The average Bonchev–Trinajstić information content (AvgIpc) is 2.62. The summed E-state index contributed by atoms with van der Waals surface area (Å²) < 4.78 is 50.4. The van der Waals surface area contributed by atoms with E-state index in [9.17, 15) is 16.8 Å². The van der Waals surface area contributed by atoms with Gasteiger partial charge in [-0.05, 0) is 30.3 Å². The lowest BCUT2D eigenvalue weighted by molar-refractivity contribution is 0.180. The molecule has 2 heterocycles. The molecule has 26 heavy (non-hydrogen) atoms. The van der Waals surface area contributed by atoms with Gasteiger partial charge >= 0.3 is 0 Å². The first kappa shape index (κ1) is 19.0. The highest BCUT2D eigenvalue weighted by atomic mass is 32.2. The minimum absolute atomic E-state index is 0.00682. The summed E-state index contributed by atoms with van der Waals surface area (Å²) in [4.78, 5) is 6.46. The molecule has 0 saturated carbocycles. The van der Waals surface area contributed by atoms with Gasteiger partial charge in [0.1, 0.15) is 0 Å². The van der Waals surface area contributed by atoms with Crippen molar-refractivity contribution >= 4 is 19.9 Å². The Balaban J connectivity index is 1.70. The van der Waals surface area contributed by atoms with Crippen LogP contribution in [-0.4, -0.2) is 63.5 Å². The number of hydrogen-bond acceptors (Lipinski definition) is 6. The van der Waals surface area contributed by atoms with Gasteiger partial charge < -0.3 is 0 Å². The Morgan fingerprint density at radius 1 is 0.923 bits per heavy atom. The number of benzene rings is 1. The largest absolute Gasteiger partial charge is 0.295 e. The fourth-order valence-corrected chi connectivity index (χ4v) is 5.07. The molecule has 1 aromatic carbocycles. The maximum absolute atomic E-state index is 12.8. The molecule has 0 aliphatic carbocycles. The van der Waals surface area contributed by atoms with Crippen molar-refractivity contribution in [2.24, 2.45) is 0 Å². The lowest BCUT2D eigenvalue weighted by Crippen LogP contribution is -2.48. The molecule has 0 radical (unpaired) electrons. The van der Waals surface area contributed by atoms with Crippen molar-refractivity contribution in [3.63, 3.8) is 0 Å². The van der Waals surface area contributed by atoms with Crippen molar-refractivity contribution in [3.05, 3.63) is 54.4 Å². The van der Waals surface area contributed by atoms with Crippen LogP contribution >= 0.6 is 0 Å². The molecule has 0 atom stereocenters. The van der Waals surface area contributed by atoms with E-state index in [4.69, 9.17) is 0 Å². The maximum Gasteiger partial charge on any atom is 0.243 e. The van der Waals surface area contributed by atoms with Crippen LogP contribution in [0.25, 0.3) is 0 Å². The SMILES string of the molecule is CS(=O)(=O)c1cccc(S(=O)(=O)N2CCN(Cc3ccccn3)CC2)c1. The lowest BCUT2D eigenvalue weighted by atomic mass is 10.3. The van der Waals surface area contributed by atoms with E-state index in [0.717, 1.165) is 11.9 Å². The molecule has 0 N–H and O–H groups in total. The smallest absolute Gasteiger partial charge is 0.243 e. The molecule has 3 rings (SSSR count). The van der Waals surface area contributed by atoms with E-state index < -0.39 is 19.9 Å². The van der Waals surface area contributed by atoms with E-state index in [1.807, 2.05) is 18.2 Å². The Morgan fingerprint density at radius 2 is 1.62 bits per heavy atom. The molecule has 2 aromatic rings. The van der Waals surface area contributed by atoms with Gasteiger partial charge in [0.05, 0.1) is 15.5 Å². The molecule has 140 valence electrons. The first-order valence-electron chi connectivity index (χ1n) is 8.19. The Bertz CT molecular complexity index is 968. The highest BCUT2D eigenvalue weighted by molar-refractivity contribution is 7.91. The quantitative estimate of drug-likeness (QED) is 0.750. The number of aromatic nitrogens is 1. The molecule has 1 saturated heterocycles. The lowest BCUT2D eigenvalue weighted by Gasteiger charge is -2.33. The van der Waals surface area contributed by atoms with Gasteiger partial charge in [0.25, 0.3) is 0 Å². The minimum atomic E-state index is -3.71. The average molecular weight is 396 g/mol. The summed E-state index contributed by atoms with van der Waals surface area (Å²) in [6, 6.07) is 11.3. The second-order valence-electron chi connectivity index (χ2n) is 6.25. The Hall–Kier alpha value is -1.81. The van der Waals surface area contributed by atoms with Crippen molar-refractivity contribution < 1.29 is 16.8 Å². The minimum Gasteiger partial charge on any atom is -0.295 e. The van der Waals surface area contributed by atoms with Crippen molar-refractivity contribution in [2.75, 3.05) is 32.4 Å². The van der Waals surface area contributed by atoms with Crippen molar-refractivity contribution in [2.45, 2.75) is 16.3 Å². The van der Waals surface area contributed by atoms with Gasteiger partial charge in [-0.2, -0.15) is 4.31 Å². The van der Waals surface area contributed by atoms with Gasteiger partial charge in [-0.1, -0.05) is 12.1 Å². The van der Waals surface area contributed by atoms with Crippen LogP contribution in [0.3, 0.4) is 0 Å². The molecule has 9 heteroatoms. The van der Waals surface area contributed by atoms with Gasteiger partial charge in [-0.3, -0.25) is 9.88 Å². The number of sulfonamides is 1. The third-order valence-corrected chi connectivity index (χ3v) is 7.32. The Morgan fingerprint density at radius 3 is 2.23 bits per heavy atom. The van der Waals surface area contributed by atoms with Gasteiger partial charge in [0.2, 0.25) is 10.0 Å². The number of nitrogens with zero attached hydrogens (tertiary/aromatic N) is 3. The molecule has 1 aliphatic rings. The predicted octanol–water partition coefficient (Wildman–Crippen LogP) is 0.992. The Kier molecular flexibility index (Phi) is 5.42. The highest BCUT2D eigenvalue weighted by Gasteiger charge is 2.29. The summed E-state index contributed by atoms with van der Waals surface area (Å²) >= 11 is 0. The summed E-state index contributed by atoms with van der Waals surface area (Å²) in [5.74, 6) is 0. The fourth-order valence-electron chi connectivity index (χ4n) is 2.86. The predicted molar refractivity (Wildman–Crippen MR) is 97.8 cm³/mol. The van der Waals surface area contributed by atoms with Crippen LogP contribution in [0.2, 0.25) is 0 Å². The third kappa shape index (κ3) is 4.29. The van der Waals surface area contributed by atoms with Crippen LogP contribution in [0.1, 0.15) is 5.69 Å². The number of hydrogen-bond donors (Lipinski definition) is 0. The molecular weight excluding hydrogens is 374 g/mol. The van der Waals surface area contributed by atoms with Crippen LogP contribution in [0.4, 0.5) is 0 Å². The third-order valence-electron chi connectivity index (χ3n) is 4.31. The molecule has 1 aromatic heterocycles. The van der Waals surface area contributed by atoms with E-state index in [0.29, 0.717) is 32.7 Å². The highest BCUT2D eigenvalue weighted by Crippen LogP contribution is 2.21. The zero-order chi connectivity index (χ0) is 18.8. The molecule has 0 bridgehead atoms. The van der Waals surface area contributed by atoms with Gasteiger partial charge in [-0.15, -0.1) is 0 Å². The molecule has 7 nitrogen and oxygen atoms in total. The summed E-state index contributed by atoms with van der Waals surface area (Å²) in [5.41, 5.74) is 0.949. The molecule has 0 amide bonds. The topological polar surface area (TPSA) is 87.6 Å². The number of rotatable bonds is 5. The summed E-state index contributed by atoms with van der Waals surface area (Å²) in [6.45, 7) is 2.60. The number of sulfone groups is 1. The van der Waals surface area contributed by atoms with Crippen LogP contribution in [-0.2, 0) is 26.4 Å². The van der Waals surface area contributed by atoms with Crippen LogP contribution in [0.5, 0.6) is 0 Å².